The maximum atomic E-state index is 12.1. The van der Waals surface area contributed by atoms with Crippen LogP contribution >= 0.6 is 0 Å². The van der Waals surface area contributed by atoms with E-state index in [1.807, 2.05) is 13.8 Å². The SMILES string of the molecule is CCOc1cc(CN(N=O)/C(=C/S(C)(=O)=O)c2ccc(OC)c(OCC)c2)ccc1OC. The Balaban J connectivity index is 2.53. The third-order valence-electron chi connectivity index (χ3n) is 4.32. The van der Waals surface area contributed by atoms with Crippen LogP contribution in [0.1, 0.15) is 25.0 Å². The van der Waals surface area contributed by atoms with E-state index in [2.05, 4.69) is 5.29 Å². The molecular weight excluding hydrogens is 436 g/mol. The van der Waals surface area contributed by atoms with Gasteiger partial charge in [-0.05, 0) is 49.7 Å². The van der Waals surface area contributed by atoms with Gasteiger partial charge in [-0.15, -0.1) is 4.91 Å². The molecule has 10 heteroatoms. The fourth-order valence-corrected chi connectivity index (χ4v) is 3.67. The summed E-state index contributed by atoms with van der Waals surface area (Å²) in [5.41, 5.74) is 1.20. The first-order valence-electron chi connectivity index (χ1n) is 9.89. The van der Waals surface area contributed by atoms with Crippen molar-refractivity contribution in [3.05, 3.63) is 57.8 Å². The molecular formula is C22H28N2O7S. The Hall–Kier alpha value is -3.27. The second-order valence-electron chi connectivity index (χ2n) is 6.69. The van der Waals surface area contributed by atoms with Crippen LogP contribution in [0.2, 0.25) is 0 Å². The second kappa shape index (κ2) is 11.4. The average Bonchev–Trinajstić information content (AvgIpc) is 2.76. The van der Waals surface area contributed by atoms with Gasteiger partial charge in [0.05, 0.1) is 50.4 Å². The van der Waals surface area contributed by atoms with Crippen LogP contribution in [0.3, 0.4) is 0 Å². The largest absolute Gasteiger partial charge is 0.493 e. The Kier molecular flexibility index (Phi) is 8.89. The van der Waals surface area contributed by atoms with Crippen LogP contribution in [0.5, 0.6) is 23.0 Å². The Morgan fingerprint density at radius 1 is 0.938 bits per heavy atom. The predicted octanol–water partition coefficient (Wildman–Crippen LogP) is 4.03. The number of hydrogen-bond acceptors (Lipinski definition) is 8. The van der Waals surface area contributed by atoms with Gasteiger partial charge in [-0.3, -0.25) is 0 Å². The molecule has 9 nitrogen and oxygen atoms in total. The van der Waals surface area contributed by atoms with Crippen LogP contribution in [0.25, 0.3) is 5.70 Å². The van der Waals surface area contributed by atoms with Crippen molar-refractivity contribution in [3.8, 4) is 23.0 Å². The molecule has 0 spiro atoms. The summed E-state index contributed by atoms with van der Waals surface area (Å²) in [5.74, 6) is 1.96. The highest BCUT2D eigenvalue weighted by Crippen LogP contribution is 2.34. The lowest BCUT2D eigenvalue weighted by atomic mass is 10.1. The lowest BCUT2D eigenvalue weighted by molar-refractivity contribution is 0.309. The fraction of sp³-hybridized carbons (Fsp3) is 0.364. The van der Waals surface area contributed by atoms with E-state index < -0.39 is 9.84 Å². The van der Waals surface area contributed by atoms with E-state index in [4.69, 9.17) is 18.9 Å². The van der Waals surface area contributed by atoms with Crippen LogP contribution in [0, 0.1) is 4.91 Å². The minimum atomic E-state index is -3.61. The van der Waals surface area contributed by atoms with E-state index in [-0.39, 0.29) is 12.2 Å². The van der Waals surface area contributed by atoms with Gasteiger partial charge in [-0.2, -0.15) is 0 Å². The number of ether oxygens (including phenoxy) is 4. The molecule has 0 atom stereocenters. The molecule has 0 saturated heterocycles. The molecule has 2 aromatic carbocycles. The monoisotopic (exact) mass is 464 g/mol. The zero-order valence-corrected chi connectivity index (χ0v) is 19.6. The maximum absolute atomic E-state index is 12.1. The maximum Gasteiger partial charge on any atom is 0.170 e. The number of rotatable bonds is 12. The van der Waals surface area contributed by atoms with Gasteiger partial charge in [-0.25, -0.2) is 13.4 Å². The molecule has 0 aliphatic rings. The summed E-state index contributed by atoms with van der Waals surface area (Å²) in [7, 11) is -0.572. The molecule has 0 fully saturated rings. The topological polar surface area (TPSA) is 104 Å². The van der Waals surface area contributed by atoms with E-state index in [0.29, 0.717) is 47.3 Å². The number of nitroso groups, excluding NO2 is 1. The van der Waals surface area contributed by atoms with Crippen LogP contribution in [0.4, 0.5) is 0 Å². The standard InChI is InChI=1S/C22H28N2O7S/c1-6-30-21-12-16(8-10-19(21)28-3)14-24(23-25)18(15-32(5,26)27)17-9-11-20(29-4)22(13-17)31-7-2/h8-13,15H,6-7,14H2,1-5H3/b18-15+. The van der Waals surface area contributed by atoms with Crippen LogP contribution in [-0.2, 0) is 16.4 Å². The molecule has 0 radical (unpaired) electrons. The number of nitrogens with zero attached hydrogens (tertiary/aromatic N) is 2. The summed E-state index contributed by atoms with van der Waals surface area (Å²) in [4.78, 5) is 11.8. The summed E-state index contributed by atoms with van der Waals surface area (Å²) in [6.07, 6.45) is 1.05. The van der Waals surface area contributed by atoms with Crippen molar-refractivity contribution in [1.29, 1.82) is 0 Å². The molecule has 0 bridgehead atoms. The Morgan fingerprint density at radius 3 is 2.00 bits per heavy atom. The van der Waals surface area contributed by atoms with Crippen LogP contribution < -0.4 is 18.9 Å². The van der Waals surface area contributed by atoms with E-state index in [9.17, 15) is 13.3 Å². The third kappa shape index (κ3) is 6.61. The van der Waals surface area contributed by atoms with Crippen molar-refractivity contribution >= 4 is 15.5 Å². The number of methoxy groups -OCH3 is 2. The van der Waals surface area contributed by atoms with Gasteiger partial charge < -0.3 is 18.9 Å². The van der Waals surface area contributed by atoms with Crippen LogP contribution in [-0.4, -0.2) is 47.1 Å². The molecule has 0 aliphatic heterocycles. The number of sulfone groups is 1. The quantitative estimate of drug-likeness (QED) is 0.343. The summed E-state index contributed by atoms with van der Waals surface area (Å²) < 4.78 is 46.0. The van der Waals surface area contributed by atoms with Gasteiger partial charge >= 0.3 is 0 Å². The predicted molar refractivity (Wildman–Crippen MR) is 122 cm³/mol. The summed E-state index contributed by atoms with van der Waals surface area (Å²) in [6.45, 7) is 4.48. The Bertz CT molecular complexity index is 1070. The molecule has 0 aromatic heterocycles. The molecule has 0 saturated carbocycles. The molecule has 0 heterocycles. The van der Waals surface area contributed by atoms with Gasteiger partial charge in [0, 0.05) is 11.8 Å². The Morgan fingerprint density at radius 2 is 1.50 bits per heavy atom. The van der Waals surface area contributed by atoms with E-state index in [1.54, 1.807) is 36.4 Å². The van der Waals surface area contributed by atoms with E-state index >= 15 is 0 Å². The highest BCUT2D eigenvalue weighted by atomic mass is 32.2. The first-order chi connectivity index (χ1) is 15.3. The molecule has 0 unspecified atom stereocenters. The molecule has 2 aromatic rings. The highest BCUT2D eigenvalue weighted by Gasteiger charge is 2.19. The number of benzene rings is 2. The van der Waals surface area contributed by atoms with Crippen molar-refractivity contribution in [1.82, 2.24) is 5.01 Å². The first kappa shape index (κ1) is 25.0. The zero-order valence-electron chi connectivity index (χ0n) is 18.8. The summed E-state index contributed by atoms with van der Waals surface area (Å²) in [5, 5.41) is 5.15. The number of hydrogen-bond donors (Lipinski definition) is 0. The van der Waals surface area contributed by atoms with Gasteiger partial charge in [-0.1, -0.05) is 6.07 Å². The molecule has 2 rings (SSSR count). The molecule has 32 heavy (non-hydrogen) atoms. The molecule has 0 N–H and O–H groups in total. The van der Waals surface area contributed by atoms with Crippen LogP contribution in [0.15, 0.2) is 47.1 Å². The molecule has 0 aliphatic carbocycles. The fourth-order valence-electron chi connectivity index (χ4n) is 3.00. The van der Waals surface area contributed by atoms with E-state index in [1.165, 1.54) is 14.2 Å². The smallest absolute Gasteiger partial charge is 0.170 e. The van der Waals surface area contributed by atoms with E-state index in [0.717, 1.165) is 16.7 Å². The highest BCUT2D eigenvalue weighted by molar-refractivity contribution is 7.93. The van der Waals surface area contributed by atoms with Crippen molar-refractivity contribution in [2.75, 3.05) is 33.7 Å². The average molecular weight is 465 g/mol. The molecule has 174 valence electrons. The van der Waals surface area contributed by atoms with Crippen molar-refractivity contribution in [3.63, 3.8) is 0 Å². The zero-order chi connectivity index (χ0) is 23.7. The Labute approximate surface area is 188 Å². The van der Waals surface area contributed by atoms with Gasteiger partial charge in [0.25, 0.3) is 0 Å². The minimum Gasteiger partial charge on any atom is -0.493 e. The minimum absolute atomic E-state index is 0.00488. The third-order valence-corrected chi connectivity index (χ3v) is 4.97. The van der Waals surface area contributed by atoms with Crippen molar-refractivity contribution < 1.29 is 27.4 Å². The van der Waals surface area contributed by atoms with Gasteiger partial charge in [0.1, 0.15) is 0 Å². The second-order valence-corrected chi connectivity index (χ2v) is 8.58. The van der Waals surface area contributed by atoms with Crippen molar-refractivity contribution in [2.45, 2.75) is 20.4 Å². The first-order valence-corrected chi connectivity index (χ1v) is 11.8. The van der Waals surface area contributed by atoms with Gasteiger partial charge in [0.2, 0.25) is 0 Å². The van der Waals surface area contributed by atoms with Crippen molar-refractivity contribution in [2.24, 2.45) is 5.29 Å². The lowest BCUT2D eigenvalue weighted by Gasteiger charge is -2.21. The molecule has 0 amide bonds. The lowest BCUT2D eigenvalue weighted by Crippen LogP contribution is -2.16. The van der Waals surface area contributed by atoms with Gasteiger partial charge in [0.15, 0.2) is 32.8 Å². The normalized spacial score (nSPS) is 11.6. The summed E-state index contributed by atoms with van der Waals surface area (Å²) >= 11 is 0. The summed E-state index contributed by atoms with van der Waals surface area (Å²) in [6, 6.07) is 10.1.